The Hall–Kier alpha value is -2.89. The summed E-state index contributed by atoms with van der Waals surface area (Å²) in [6, 6.07) is 9.39. The predicted octanol–water partition coefficient (Wildman–Crippen LogP) is 2.45. The van der Waals surface area contributed by atoms with Crippen LogP contribution in [0.25, 0.3) is 10.9 Å². The maximum absolute atomic E-state index is 12.9. The number of carbonyl (C=O) groups is 1. The minimum Gasteiger partial charge on any atom is -0.341 e. The average molecular weight is 364 g/mol. The zero-order chi connectivity index (χ0) is 18.8. The maximum atomic E-state index is 12.9. The van der Waals surface area contributed by atoms with Crippen molar-refractivity contribution < 1.29 is 4.79 Å². The number of hydrogen-bond acceptors (Lipinski definition) is 3. The van der Waals surface area contributed by atoms with Crippen LogP contribution in [-0.4, -0.2) is 38.0 Å². The van der Waals surface area contributed by atoms with Gasteiger partial charge in [0.1, 0.15) is 6.54 Å². The van der Waals surface area contributed by atoms with Gasteiger partial charge >= 0.3 is 0 Å². The van der Waals surface area contributed by atoms with E-state index in [9.17, 15) is 9.59 Å². The van der Waals surface area contributed by atoms with Crippen molar-refractivity contribution >= 4 is 16.8 Å². The van der Waals surface area contributed by atoms with Crippen molar-refractivity contribution in [3.05, 3.63) is 65.0 Å². The topological polar surface area (TPSA) is 60.1 Å². The number of likely N-dealkylation sites (tertiary alicyclic amines) is 1. The summed E-state index contributed by atoms with van der Waals surface area (Å²) in [5, 5.41) is 1.02. The van der Waals surface area contributed by atoms with E-state index in [1.807, 2.05) is 48.6 Å². The summed E-state index contributed by atoms with van der Waals surface area (Å²) in [6.07, 6.45) is 7.65. The lowest BCUT2D eigenvalue weighted by molar-refractivity contribution is -0.133. The molecule has 0 bridgehead atoms. The van der Waals surface area contributed by atoms with Crippen molar-refractivity contribution in [2.75, 3.05) is 13.1 Å². The molecule has 1 atom stereocenters. The second-order valence-electron chi connectivity index (χ2n) is 7.38. The first-order valence-electron chi connectivity index (χ1n) is 9.44. The van der Waals surface area contributed by atoms with Gasteiger partial charge in [0, 0.05) is 43.5 Å². The number of para-hydroxylation sites is 1. The van der Waals surface area contributed by atoms with E-state index in [2.05, 4.69) is 9.55 Å². The monoisotopic (exact) mass is 364 g/mol. The van der Waals surface area contributed by atoms with Gasteiger partial charge in [0.15, 0.2) is 0 Å². The first-order valence-corrected chi connectivity index (χ1v) is 9.44. The molecule has 0 N–H and O–H groups in total. The lowest BCUT2D eigenvalue weighted by Crippen LogP contribution is -2.43. The van der Waals surface area contributed by atoms with Gasteiger partial charge in [-0.05, 0) is 37.3 Å². The smallest absolute Gasteiger partial charge is 0.251 e. The summed E-state index contributed by atoms with van der Waals surface area (Å²) in [5.41, 5.74) is 1.65. The number of amides is 1. The van der Waals surface area contributed by atoms with E-state index in [1.165, 1.54) is 0 Å². The van der Waals surface area contributed by atoms with Crippen LogP contribution in [-0.2, 0) is 17.9 Å². The number of rotatable bonds is 4. The minimum atomic E-state index is -0.119. The largest absolute Gasteiger partial charge is 0.341 e. The summed E-state index contributed by atoms with van der Waals surface area (Å²) >= 11 is 0. The second-order valence-corrected chi connectivity index (χ2v) is 7.38. The quantitative estimate of drug-likeness (QED) is 0.714. The third-order valence-corrected chi connectivity index (χ3v) is 5.42. The molecule has 140 valence electrons. The van der Waals surface area contributed by atoms with Gasteiger partial charge in [-0.3, -0.25) is 14.2 Å². The van der Waals surface area contributed by atoms with Gasteiger partial charge in [0.2, 0.25) is 5.91 Å². The van der Waals surface area contributed by atoms with Crippen molar-refractivity contribution in [3.8, 4) is 0 Å². The van der Waals surface area contributed by atoms with Crippen molar-refractivity contribution in [3.63, 3.8) is 0 Å². The predicted molar refractivity (Wildman–Crippen MR) is 104 cm³/mol. The normalized spacial score (nSPS) is 17.4. The van der Waals surface area contributed by atoms with E-state index >= 15 is 0 Å². The molecule has 1 amide bonds. The first kappa shape index (κ1) is 17.5. The van der Waals surface area contributed by atoms with Gasteiger partial charge in [-0.1, -0.05) is 18.2 Å². The second kappa shape index (κ2) is 7.39. The molecule has 6 nitrogen and oxygen atoms in total. The lowest BCUT2D eigenvalue weighted by Gasteiger charge is -2.33. The van der Waals surface area contributed by atoms with E-state index in [-0.39, 0.29) is 18.0 Å². The van der Waals surface area contributed by atoms with E-state index < -0.39 is 0 Å². The third kappa shape index (κ3) is 3.65. The number of pyridine rings is 1. The summed E-state index contributed by atoms with van der Waals surface area (Å²) in [5.74, 6) is 0.435. The molecule has 3 heterocycles. The Morgan fingerprint density at radius 3 is 2.96 bits per heavy atom. The molecule has 3 aromatic rings. The molecule has 0 spiro atoms. The molecule has 0 aliphatic carbocycles. The molecule has 0 saturated carbocycles. The van der Waals surface area contributed by atoms with Crippen LogP contribution >= 0.6 is 0 Å². The van der Waals surface area contributed by atoms with Crippen LogP contribution in [0.5, 0.6) is 0 Å². The molecule has 1 saturated heterocycles. The molecule has 27 heavy (non-hydrogen) atoms. The maximum Gasteiger partial charge on any atom is 0.251 e. The van der Waals surface area contributed by atoms with Crippen LogP contribution in [0.4, 0.5) is 0 Å². The van der Waals surface area contributed by atoms with Gasteiger partial charge in [0.25, 0.3) is 5.56 Å². The van der Waals surface area contributed by atoms with Crippen LogP contribution < -0.4 is 5.56 Å². The van der Waals surface area contributed by atoms with Gasteiger partial charge in [0.05, 0.1) is 11.8 Å². The summed E-state index contributed by atoms with van der Waals surface area (Å²) in [4.78, 5) is 31.5. The number of piperidine rings is 1. The van der Waals surface area contributed by atoms with E-state index in [4.69, 9.17) is 0 Å². The number of benzene rings is 1. The van der Waals surface area contributed by atoms with E-state index in [0.717, 1.165) is 48.9 Å². The highest BCUT2D eigenvalue weighted by molar-refractivity contribution is 5.84. The number of fused-ring (bicyclic) bond motifs is 1. The number of carbonyl (C=O) groups excluding carboxylic acids is 1. The van der Waals surface area contributed by atoms with Crippen LogP contribution in [0.2, 0.25) is 0 Å². The molecule has 2 aromatic heterocycles. The van der Waals surface area contributed by atoms with Crippen LogP contribution in [0.1, 0.15) is 18.4 Å². The van der Waals surface area contributed by atoms with Crippen LogP contribution in [0, 0.1) is 12.8 Å². The third-order valence-electron chi connectivity index (χ3n) is 5.42. The fourth-order valence-electron chi connectivity index (χ4n) is 4.03. The fourth-order valence-corrected chi connectivity index (χ4v) is 4.03. The van der Waals surface area contributed by atoms with Crippen LogP contribution in [0.15, 0.2) is 53.8 Å². The van der Waals surface area contributed by atoms with Crippen molar-refractivity contribution in [1.82, 2.24) is 19.0 Å². The lowest BCUT2D eigenvalue weighted by atomic mass is 9.98. The number of hydrogen-bond donors (Lipinski definition) is 0. The minimum absolute atomic E-state index is 0.0152. The summed E-state index contributed by atoms with van der Waals surface area (Å²) in [6.45, 7) is 4.39. The number of imidazole rings is 1. The van der Waals surface area contributed by atoms with E-state index in [0.29, 0.717) is 5.92 Å². The van der Waals surface area contributed by atoms with Gasteiger partial charge < -0.3 is 9.47 Å². The molecule has 1 fully saturated rings. The Morgan fingerprint density at radius 2 is 2.15 bits per heavy atom. The van der Waals surface area contributed by atoms with Gasteiger partial charge in [-0.15, -0.1) is 0 Å². The fraction of sp³-hybridized carbons (Fsp3) is 0.381. The van der Waals surface area contributed by atoms with E-state index in [1.54, 1.807) is 16.8 Å². The Morgan fingerprint density at radius 1 is 1.30 bits per heavy atom. The zero-order valence-electron chi connectivity index (χ0n) is 15.5. The van der Waals surface area contributed by atoms with Crippen LogP contribution in [0.3, 0.4) is 0 Å². The van der Waals surface area contributed by atoms with Gasteiger partial charge in [-0.2, -0.15) is 0 Å². The SMILES string of the molecule is Cc1cc(=O)n(CC(=O)N2CCC[C@@H](Cn3ccnc3)C2)c2ccccc12. The van der Waals surface area contributed by atoms with Crippen molar-refractivity contribution in [2.45, 2.75) is 32.9 Å². The van der Waals surface area contributed by atoms with Crippen molar-refractivity contribution in [1.29, 1.82) is 0 Å². The molecule has 1 aliphatic rings. The Labute approximate surface area is 158 Å². The Bertz CT molecular complexity index is 1010. The number of aryl methyl sites for hydroxylation is 1. The van der Waals surface area contributed by atoms with Crippen molar-refractivity contribution in [2.24, 2.45) is 5.92 Å². The summed E-state index contributed by atoms with van der Waals surface area (Å²) < 4.78 is 3.67. The molecule has 1 aliphatic heterocycles. The molecule has 6 heteroatoms. The summed E-state index contributed by atoms with van der Waals surface area (Å²) in [7, 11) is 0. The number of nitrogens with zero attached hydrogens (tertiary/aromatic N) is 4. The zero-order valence-corrected chi connectivity index (χ0v) is 15.5. The van der Waals surface area contributed by atoms with Gasteiger partial charge in [-0.25, -0.2) is 4.98 Å². The molecular formula is C21H24N4O2. The standard InChI is InChI=1S/C21H24N4O2/c1-16-11-20(26)25(19-7-3-2-6-18(16)19)14-21(27)24-9-4-5-17(13-24)12-23-10-8-22-15-23/h2-3,6-8,10-11,15,17H,4-5,9,12-14H2,1H3/t17-/m0/s1. The number of aromatic nitrogens is 3. The molecular weight excluding hydrogens is 340 g/mol. The molecule has 0 radical (unpaired) electrons. The highest BCUT2D eigenvalue weighted by Gasteiger charge is 2.24. The first-order chi connectivity index (χ1) is 13.1. The molecule has 0 unspecified atom stereocenters. The highest BCUT2D eigenvalue weighted by atomic mass is 16.2. The highest BCUT2D eigenvalue weighted by Crippen LogP contribution is 2.20. The molecule has 1 aromatic carbocycles. The Kier molecular flexibility index (Phi) is 4.79. The Balaban J connectivity index is 1.52. The average Bonchev–Trinajstić information content (AvgIpc) is 3.18. The molecule has 4 rings (SSSR count).